The number of rotatable bonds is 7. The number of allylic oxidation sites excluding steroid dienone is 3. The fourth-order valence-corrected chi connectivity index (χ4v) is 3.76. The summed E-state index contributed by atoms with van der Waals surface area (Å²) in [7, 11) is 3.38. The summed E-state index contributed by atoms with van der Waals surface area (Å²) in [6, 6.07) is 0. The van der Waals surface area contributed by atoms with Crippen molar-refractivity contribution >= 4 is 12.6 Å². The molecule has 0 saturated carbocycles. The molecule has 33 heavy (non-hydrogen) atoms. The van der Waals surface area contributed by atoms with Crippen molar-refractivity contribution < 1.29 is 9.53 Å². The van der Waals surface area contributed by atoms with Gasteiger partial charge in [-0.1, -0.05) is 58.2 Å². The summed E-state index contributed by atoms with van der Waals surface area (Å²) >= 11 is 0. The van der Waals surface area contributed by atoms with Gasteiger partial charge < -0.3 is 14.5 Å². The standard InChI is InChI=1S/C22H35N3O.C3H7NO.C2H6/c1-5-23-25(6-2)19-20(3)18-24-15-13-22(14-16-24)21(4)12-10-8-7-9-11-17-26-22;1-4(2)3-5;1-2/h5-8,10,12,20H,2,4,9,11,13-19H2,1,3H3;3H,1-2H3;1-2H3/b8-7-,12-10-,23-5-;;. The normalized spacial score (nSPS) is 21.0. The van der Waals surface area contributed by atoms with Crippen LogP contribution in [0.25, 0.3) is 0 Å². The van der Waals surface area contributed by atoms with Gasteiger partial charge in [0.25, 0.3) is 0 Å². The molecule has 1 spiro atoms. The van der Waals surface area contributed by atoms with Crippen LogP contribution in [0.15, 0.2) is 54.3 Å². The number of hydrogen-bond donors (Lipinski definition) is 0. The van der Waals surface area contributed by atoms with Crippen molar-refractivity contribution in [3.63, 3.8) is 0 Å². The van der Waals surface area contributed by atoms with E-state index in [2.05, 4.69) is 54.4 Å². The minimum Gasteiger partial charge on any atom is -0.370 e. The van der Waals surface area contributed by atoms with Gasteiger partial charge in [0, 0.05) is 59.3 Å². The quantitative estimate of drug-likeness (QED) is 0.301. The molecule has 0 radical (unpaired) electrons. The van der Waals surface area contributed by atoms with E-state index in [4.69, 9.17) is 4.74 Å². The largest absolute Gasteiger partial charge is 0.370 e. The van der Waals surface area contributed by atoms with Crippen molar-refractivity contribution in [3.8, 4) is 0 Å². The monoisotopic (exact) mass is 460 g/mol. The van der Waals surface area contributed by atoms with Crippen molar-refractivity contribution in [2.45, 2.75) is 59.0 Å². The molecule has 2 rings (SSSR count). The molecule has 0 bridgehead atoms. The second kappa shape index (κ2) is 18.3. The predicted octanol–water partition coefficient (Wildman–Crippen LogP) is 5.12. The molecule has 0 aliphatic carbocycles. The Morgan fingerprint density at radius 3 is 2.45 bits per heavy atom. The van der Waals surface area contributed by atoms with Crippen LogP contribution in [0, 0.1) is 5.92 Å². The number of piperidine rings is 1. The highest BCUT2D eigenvalue weighted by Crippen LogP contribution is 2.34. The first-order chi connectivity index (χ1) is 15.9. The Morgan fingerprint density at radius 2 is 1.91 bits per heavy atom. The van der Waals surface area contributed by atoms with Gasteiger partial charge in [-0.2, -0.15) is 5.10 Å². The molecule has 1 saturated heterocycles. The van der Waals surface area contributed by atoms with Gasteiger partial charge in [0.1, 0.15) is 0 Å². The molecule has 0 aromatic rings. The fourth-order valence-electron chi connectivity index (χ4n) is 3.76. The van der Waals surface area contributed by atoms with Gasteiger partial charge in [0.2, 0.25) is 6.41 Å². The van der Waals surface area contributed by atoms with E-state index >= 15 is 0 Å². The van der Waals surface area contributed by atoms with Gasteiger partial charge in [-0.15, -0.1) is 0 Å². The maximum Gasteiger partial charge on any atom is 0.209 e. The average Bonchev–Trinajstić information content (AvgIpc) is 2.83. The number of likely N-dealkylation sites (tertiary alicyclic amines) is 1. The van der Waals surface area contributed by atoms with Crippen molar-refractivity contribution in [3.05, 3.63) is 49.2 Å². The summed E-state index contributed by atoms with van der Waals surface area (Å²) in [5, 5.41) is 6.23. The van der Waals surface area contributed by atoms with Crippen LogP contribution in [0.3, 0.4) is 0 Å². The highest BCUT2D eigenvalue weighted by molar-refractivity contribution is 5.52. The molecule has 2 heterocycles. The zero-order valence-electron chi connectivity index (χ0n) is 22.0. The highest BCUT2D eigenvalue weighted by Gasteiger charge is 2.37. The molecule has 0 aromatic heterocycles. The number of carbonyl (C=O) groups excluding carboxylic acids is 1. The van der Waals surface area contributed by atoms with Crippen molar-refractivity contribution in [2.24, 2.45) is 11.0 Å². The summed E-state index contributed by atoms with van der Waals surface area (Å²) in [6.45, 7) is 21.3. The smallest absolute Gasteiger partial charge is 0.209 e. The molecule has 0 aromatic carbocycles. The van der Waals surface area contributed by atoms with Crippen LogP contribution >= 0.6 is 0 Å². The Balaban J connectivity index is 0.00000129. The number of nitrogens with zero attached hydrogens (tertiary/aromatic N) is 4. The lowest BCUT2D eigenvalue weighted by Crippen LogP contribution is -2.48. The molecular weight excluding hydrogens is 412 g/mol. The molecule has 188 valence electrons. The van der Waals surface area contributed by atoms with E-state index in [1.54, 1.807) is 20.3 Å². The Labute approximate surface area is 203 Å². The summed E-state index contributed by atoms with van der Waals surface area (Å²) in [5.41, 5.74) is 0.938. The zero-order valence-corrected chi connectivity index (χ0v) is 22.0. The maximum absolute atomic E-state index is 9.43. The third-order valence-corrected chi connectivity index (χ3v) is 5.44. The topological polar surface area (TPSA) is 48.4 Å². The molecule has 1 amide bonds. The van der Waals surface area contributed by atoms with Crippen LogP contribution < -0.4 is 0 Å². The average molecular weight is 461 g/mol. The number of carbonyl (C=O) groups is 1. The summed E-state index contributed by atoms with van der Waals surface area (Å²) in [5.74, 6) is 0.531. The molecular formula is C27H48N4O2. The maximum atomic E-state index is 9.43. The summed E-state index contributed by atoms with van der Waals surface area (Å²) < 4.78 is 6.37. The molecule has 1 unspecified atom stereocenters. The second-order valence-electron chi connectivity index (χ2n) is 8.45. The highest BCUT2D eigenvalue weighted by atomic mass is 16.5. The first-order valence-corrected chi connectivity index (χ1v) is 12.2. The van der Waals surface area contributed by atoms with Crippen LogP contribution in [0.2, 0.25) is 0 Å². The van der Waals surface area contributed by atoms with Gasteiger partial charge in [-0.25, -0.2) is 0 Å². The lowest BCUT2D eigenvalue weighted by molar-refractivity contribution is -0.115. The fraction of sp³-hybridized carbons (Fsp3) is 0.630. The Bertz CT molecular complexity index is 632. The van der Waals surface area contributed by atoms with Crippen molar-refractivity contribution in [1.29, 1.82) is 0 Å². The first kappa shape index (κ1) is 30.8. The Kier molecular flexibility index (Phi) is 17.1. The molecule has 1 fully saturated rings. The van der Waals surface area contributed by atoms with Crippen LogP contribution in [-0.4, -0.2) is 79.9 Å². The third kappa shape index (κ3) is 12.6. The summed E-state index contributed by atoms with van der Waals surface area (Å²) in [4.78, 5) is 13.4. The van der Waals surface area contributed by atoms with E-state index in [-0.39, 0.29) is 5.60 Å². The number of amides is 1. The van der Waals surface area contributed by atoms with Crippen LogP contribution in [-0.2, 0) is 9.53 Å². The minimum atomic E-state index is -0.179. The lowest BCUT2D eigenvalue weighted by Gasteiger charge is -2.43. The van der Waals surface area contributed by atoms with E-state index in [9.17, 15) is 4.79 Å². The molecule has 2 aliphatic rings. The van der Waals surface area contributed by atoms with E-state index in [1.807, 2.05) is 32.0 Å². The Morgan fingerprint density at radius 1 is 1.27 bits per heavy atom. The molecule has 0 N–H and O–H groups in total. The molecule has 1 atom stereocenters. The van der Waals surface area contributed by atoms with E-state index < -0.39 is 0 Å². The van der Waals surface area contributed by atoms with Gasteiger partial charge in [-0.3, -0.25) is 9.80 Å². The number of hydrogen-bond acceptors (Lipinski definition) is 5. The van der Waals surface area contributed by atoms with Crippen molar-refractivity contribution in [1.82, 2.24) is 14.8 Å². The zero-order chi connectivity index (χ0) is 25.1. The predicted molar refractivity (Wildman–Crippen MR) is 142 cm³/mol. The van der Waals surface area contributed by atoms with Crippen LogP contribution in [0.5, 0.6) is 0 Å². The number of hydrazone groups is 1. The molecule has 6 nitrogen and oxygen atoms in total. The van der Waals surface area contributed by atoms with E-state index in [1.165, 1.54) is 4.90 Å². The first-order valence-electron chi connectivity index (χ1n) is 12.2. The van der Waals surface area contributed by atoms with Gasteiger partial charge >= 0.3 is 0 Å². The molecule has 2 aliphatic heterocycles. The second-order valence-corrected chi connectivity index (χ2v) is 8.45. The third-order valence-electron chi connectivity index (χ3n) is 5.44. The lowest BCUT2D eigenvalue weighted by atomic mass is 9.83. The van der Waals surface area contributed by atoms with Gasteiger partial charge in [-0.05, 0) is 44.1 Å². The van der Waals surface area contributed by atoms with Crippen LogP contribution in [0.4, 0.5) is 0 Å². The van der Waals surface area contributed by atoms with Gasteiger partial charge in [0.05, 0.1) is 5.60 Å². The van der Waals surface area contributed by atoms with E-state index in [0.29, 0.717) is 5.92 Å². The number of ether oxygens (including phenoxy) is 1. The van der Waals surface area contributed by atoms with Gasteiger partial charge in [0.15, 0.2) is 0 Å². The van der Waals surface area contributed by atoms with Crippen LogP contribution in [0.1, 0.15) is 53.4 Å². The van der Waals surface area contributed by atoms with E-state index in [0.717, 1.165) is 70.5 Å². The Hall–Kier alpha value is -2.18. The molecule has 6 heteroatoms. The SMILES string of the molecule is C=CN(CC(C)CN1CCC2(CC1)OCCC/C=C\C=C/C2=C)/N=C\C.CC.CN(C)C=O. The van der Waals surface area contributed by atoms with Crippen molar-refractivity contribution in [2.75, 3.05) is 46.9 Å². The summed E-state index contributed by atoms with van der Waals surface area (Å²) in [6.07, 6.45) is 17.1. The minimum absolute atomic E-state index is 0.179.